The number of carbonyl (C=O) groups is 2. The van der Waals surface area contributed by atoms with E-state index in [1.807, 2.05) is 6.92 Å². The largest absolute Gasteiger partial charge is 0.501 e. The molecule has 1 saturated carbocycles. The minimum absolute atomic E-state index is 0.0357. The second-order valence-electron chi connectivity index (χ2n) is 7.86. The molecule has 1 unspecified atom stereocenters. The summed E-state index contributed by atoms with van der Waals surface area (Å²) < 4.78 is 34.8. The maximum atomic E-state index is 13.1. The zero-order valence-electron chi connectivity index (χ0n) is 16.5. The smallest absolute Gasteiger partial charge is 0.357 e. The van der Waals surface area contributed by atoms with Gasteiger partial charge in [-0.25, -0.2) is 17.9 Å². The van der Waals surface area contributed by atoms with Gasteiger partial charge in [0.05, 0.1) is 17.1 Å². The van der Waals surface area contributed by atoms with Gasteiger partial charge in [-0.3, -0.25) is 0 Å². The lowest BCUT2D eigenvalue weighted by Gasteiger charge is -2.27. The third-order valence-corrected chi connectivity index (χ3v) is 7.03. The highest BCUT2D eigenvalue weighted by molar-refractivity contribution is 7.93. The molecule has 0 saturated heterocycles. The Labute approximate surface area is 168 Å². The summed E-state index contributed by atoms with van der Waals surface area (Å²) in [5.41, 5.74) is 0.699. The van der Waals surface area contributed by atoms with Gasteiger partial charge in [-0.2, -0.15) is 14.3 Å². The molecule has 1 aromatic heterocycles. The third-order valence-electron chi connectivity index (χ3n) is 5.37. The van der Waals surface area contributed by atoms with Gasteiger partial charge in [-0.1, -0.05) is 5.16 Å². The second-order valence-corrected chi connectivity index (χ2v) is 9.54. The highest BCUT2D eigenvalue weighted by Crippen LogP contribution is 2.36. The summed E-state index contributed by atoms with van der Waals surface area (Å²) in [5, 5.41) is 3.78. The molecule has 1 atom stereocenters. The Bertz CT molecular complexity index is 1090. The summed E-state index contributed by atoms with van der Waals surface area (Å²) >= 11 is 0. The number of urea groups is 1. The lowest BCUT2D eigenvalue weighted by molar-refractivity contribution is -0.436. The fourth-order valence-corrected chi connectivity index (χ4v) is 5.05. The first-order valence-corrected chi connectivity index (χ1v) is 11.0. The normalized spacial score (nSPS) is 23.3. The predicted octanol–water partition coefficient (Wildman–Crippen LogP) is 1.46. The summed E-state index contributed by atoms with van der Waals surface area (Å²) in [7, 11) is -3.76. The van der Waals surface area contributed by atoms with Crippen LogP contribution in [0.4, 0.5) is 4.79 Å². The van der Waals surface area contributed by atoms with Gasteiger partial charge in [0.25, 0.3) is 0 Å². The van der Waals surface area contributed by atoms with Crippen LogP contribution in [0.5, 0.6) is 0 Å². The van der Waals surface area contributed by atoms with Crippen LogP contribution in [0, 0.1) is 12.8 Å². The number of allylic oxidation sites excluding steroid dienone is 2. The van der Waals surface area contributed by atoms with Crippen molar-refractivity contribution in [3.63, 3.8) is 0 Å². The molecule has 0 aromatic carbocycles. The Kier molecular flexibility index (Phi) is 4.58. The van der Waals surface area contributed by atoms with Crippen LogP contribution < -0.4 is 4.72 Å². The number of nitrogens with zero attached hydrogens (tertiary/aromatic N) is 3. The number of aromatic nitrogens is 1. The van der Waals surface area contributed by atoms with Gasteiger partial charge >= 0.3 is 11.9 Å². The molecule has 2 aliphatic carbocycles. The molecule has 154 valence electrons. The van der Waals surface area contributed by atoms with E-state index < -0.39 is 33.4 Å². The highest BCUT2D eigenvalue weighted by Gasteiger charge is 2.48. The first kappa shape index (κ1) is 19.7. The number of carbonyl (C=O) groups excluding carboxylic acids is 2. The number of fused-ring (bicyclic) bond motifs is 1. The van der Waals surface area contributed by atoms with E-state index in [0.717, 1.165) is 17.7 Å². The SMILES string of the molecule is CC[N+]1=C2C=CC(S(=O)(=O)NC3(C)CC3)=CC2C(=O)N(Cc2cc(C)no2)C1=O. The van der Waals surface area contributed by atoms with Crippen LogP contribution in [0.15, 0.2) is 33.7 Å². The standard InChI is InChI=1S/C19H23N4O5S/c1-4-22-16-6-5-14(29(26,27)21-19(3)7-8-19)10-15(16)17(24)23(18(22)25)11-13-9-12(2)20-28-13/h5-6,9-10,15,21H,4,7-8,11H2,1-3H3/q+1. The van der Waals surface area contributed by atoms with Crippen LogP contribution in [0.3, 0.4) is 0 Å². The van der Waals surface area contributed by atoms with Crippen molar-refractivity contribution in [3.05, 3.63) is 40.7 Å². The molecule has 3 aliphatic rings. The maximum absolute atomic E-state index is 13.1. The van der Waals surface area contributed by atoms with E-state index in [9.17, 15) is 18.0 Å². The number of rotatable bonds is 6. The Morgan fingerprint density at radius 1 is 1.34 bits per heavy atom. The lowest BCUT2D eigenvalue weighted by atomic mass is 9.94. The molecule has 0 radical (unpaired) electrons. The second kappa shape index (κ2) is 6.74. The molecule has 4 rings (SSSR count). The Morgan fingerprint density at radius 2 is 2.07 bits per heavy atom. The van der Waals surface area contributed by atoms with Gasteiger partial charge in [-0.15, -0.1) is 0 Å². The number of hydrogen-bond donors (Lipinski definition) is 1. The summed E-state index contributed by atoms with van der Waals surface area (Å²) in [6.07, 6.45) is 5.97. The first-order chi connectivity index (χ1) is 13.6. The first-order valence-electron chi connectivity index (χ1n) is 9.49. The molecule has 1 fully saturated rings. The molecule has 10 heteroatoms. The predicted molar refractivity (Wildman–Crippen MR) is 103 cm³/mol. The van der Waals surface area contributed by atoms with Gasteiger partial charge < -0.3 is 4.52 Å². The van der Waals surface area contributed by atoms with Crippen molar-refractivity contribution in [1.82, 2.24) is 14.8 Å². The number of amides is 3. The van der Waals surface area contributed by atoms with Crippen molar-refractivity contribution in [1.29, 1.82) is 0 Å². The van der Waals surface area contributed by atoms with Crippen LogP contribution in [-0.2, 0) is 21.4 Å². The summed E-state index contributed by atoms with van der Waals surface area (Å²) in [4.78, 5) is 27.1. The number of hydrogen-bond acceptors (Lipinski definition) is 6. The van der Waals surface area contributed by atoms with Crippen molar-refractivity contribution in [3.8, 4) is 0 Å². The molecule has 1 aliphatic heterocycles. The average molecular weight is 419 g/mol. The van der Waals surface area contributed by atoms with E-state index in [4.69, 9.17) is 4.52 Å². The Morgan fingerprint density at radius 3 is 2.66 bits per heavy atom. The summed E-state index contributed by atoms with van der Waals surface area (Å²) in [6, 6.07) is 1.19. The summed E-state index contributed by atoms with van der Waals surface area (Å²) in [6.45, 7) is 5.68. The fraction of sp³-hybridized carbons (Fsp3) is 0.474. The van der Waals surface area contributed by atoms with Crippen LogP contribution in [0.2, 0.25) is 0 Å². The van der Waals surface area contributed by atoms with Crippen molar-refractivity contribution in [2.75, 3.05) is 6.54 Å². The van der Waals surface area contributed by atoms with Crippen molar-refractivity contribution < 1.29 is 27.1 Å². The molecule has 2 heterocycles. The lowest BCUT2D eigenvalue weighted by Crippen LogP contribution is -2.54. The molecular formula is C19H23N4O5S+. The molecule has 1 aromatic rings. The molecule has 0 bridgehead atoms. The zero-order chi connectivity index (χ0) is 21.0. The molecule has 9 nitrogen and oxygen atoms in total. The van der Waals surface area contributed by atoms with Crippen LogP contribution in [0.1, 0.15) is 38.1 Å². The minimum Gasteiger partial charge on any atom is -0.357 e. The third kappa shape index (κ3) is 3.58. The van der Waals surface area contributed by atoms with Gasteiger partial charge in [0.2, 0.25) is 10.0 Å². The number of imide groups is 1. The van der Waals surface area contributed by atoms with E-state index in [1.54, 1.807) is 26.0 Å². The minimum atomic E-state index is -3.76. The topological polar surface area (TPSA) is 113 Å². The van der Waals surface area contributed by atoms with Crippen LogP contribution in [0.25, 0.3) is 0 Å². The molecule has 3 amide bonds. The summed E-state index contributed by atoms with van der Waals surface area (Å²) in [5.74, 6) is -0.964. The Balaban J connectivity index is 1.69. The number of nitrogens with one attached hydrogen (secondary N) is 1. The molecule has 0 spiro atoms. The van der Waals surface area contributed by atoms with Crippen LogP contribution in [-0.4, -0.2) is 52.8 Å². The Hall–Kier alpha value is -2.59. The van der Waals surface area contributed by atoms with E-state index in [-0.39, 0.29) is 11.4 Å². The van der Waals surface area contributed by atoms with Gasteiger partial charge in [0.1, 0.15) is 11.6 Å². The maximum Gasteiger partial charge on any atom is 0.501 e. The van der Waals surface area contributed by atoms with Gasteiger partial charge in [-0.05, 0) is 51.8 Å². The van der Waals surface area contributed by atoms with E-state index in [0.29, 0.717) is 23.7 Å². The molecule has 1 N–H and O–H groups in total. The number of aryl methyl sites for hydroxylation is 1. The van der Waals surface area contributed by atoms with Gasteiger partial charge in [0.15, 0.2) is 12.3 Å². The monoisotopic (exact) mass is 419 g/mol. The average Bonchev–Trinajstić information content (AvgIpc) is 3.23. The van der Waals surface area contributed by atoms with E-state index in [2.05, 4.69) is 9.88 Å². The van der Waals surface area contributed by atoms with Crippen molar-refractivity contribution >= 4 is 27.7 Å². The van der Waals surface area contributed by atoms with Crippen LogP contribution >= 0.6 is 0 Å². The number of sulfonamides is 1. The van der Waals surface area contributed by atoms with Gasteiger partial charge in [0, 0.05) is 11.6 Å². The highest BCUT2D eigenvalue weighted by atomic mass is 32.2. The fourth-order valence-electron chi connectivity index (χ4n) is 3.51. The quantitative estimate of drug-likeness (QED) is 0.699. The zero-order valence-corrected chi connectivity index (χ0v) is 17.3. The van der Waals surface area contributed by atoms with E-state index in [1.165, 1.54) is 16.7 Å². The van der Waals surface area contributed by atoms with E-state index >= 15 is 0 Å². The van der Waals surface area contributed by atoms with Crippen molar-refractivity contribution in [2.45, 2.75) is 45.7 Å². The van der Waals surface area contributed by atoms with Crippen molar-refractivity contribution in [2.24, 2.45) is 5.92 Å². The molecule has 29 heavy (non-hydrogen) atoms. The molecular weight excluding hydrogens is 396 g/mol.